The number of hydrogen-bond donors (Lipinski definition) is 1. The summed E-state index contributed by atoms with van der Waals surface area (Å²) in [5.41, 5.74) is -0.0768. The average molecular weight is 314 g/mol. The van der Waals surface area contributed by atoms with Gasteiger partial charge in [0.05, 0.1) is 11.1 Å². The summed E-state index contributed by atoms with van der Waals surface area (Å²) in [6.45, 7) is 2.40. The highest BCUT2D eigenvalue weighted by atomic mass is 35.5. The Labute approximate surface area is 126 Å². The zero-order valence-corrected chi connectivity index (χ0v) is 12.2. The minimum Gasteiger partial charge on any atom is -0.306 e. The van der Waals surface area contributed by atoms with Crippen LogP contribution in [0, 0.1) is 17.5 Å². The van der Waals surface area contributed by atoms with Crippen LogP contribution in [0.25, 0.3) is 0 Å². The van der Waals surface area contributed by atoms with Gasteiger partial charge in [0.1, 0.15) is 17.5 Å². The normalized spacial score (nSPS) is 12.4. The molecule has 21 heavy (non-hydrogen) atoms. The molecule has 0 aliphatic rings. The van der Waals surface area contributed by atoms with Crippen LogP contribution >= 0.6 is 11.6 Å². The van der Waals surface area contributed by atoms with Crippen molar-refractivity contribution in [1.29, 1.82) is 0 Å². The summed E-state index contributed by atoms with van der Waals surface area (Å²) in [6.07, 6.45) is 0.745. The van der Waals surface area contributed by atoms with Crippen LogP contribution in [0.2, 0.25) is 5.02 Å². The van der Waals surface area contributed by atoms with E-state index in [4.69, 9.17) is 11.6 Å². The maximum absolute atomic E-state index is 14.2. The number of nitrogens with one attached hydrogen (secondary N) is 1. The largest absolute Gasteiger partial charge is 0.306 e. The Balaban J connectivity index is 2.55. The fourth-order valence-corrected chi connectivity index (χ4v) is 2.37. The van der Waals surface area contributed by atoms with E-state index in [1.54, 1.807) is 6.07 Å². The molecule has 1 nitrogen and oxygen atoms in total. The molecule has 0 bridgehead atoms. The molecular formula is C16H15ClF3N. The second-order valence-corrected chi connectivity index (χ2v) is 5.07. The van der Waals surface area contributed by atoms with Crippen LogP contribution < -0.4 is 5.32 Å². The number of hydrogen-bond acceptors (Lipinski definition) is 1. The summed E-state index contributed by atoms with van der Waals surface area (Å²) in [5.74, 6) is -2.11. The van der Waals surface area contributed by atoms with E-state index in [1.807, 2.05) is 6.92 Å². The summed E-state index contributed by atoms with van der Waals surface area (Å²) in [4.78, 5) is 0. The molecule has 2 aromatic rings. The molecule has 0 aromatic heterocycles. The molecule has 1 N–H and O–H groups in total. The lowest BCUT2D eigenvalue weighted by atomic mass is 9.97. The van der Waals surface area contributed by atoms with Crippen molar-refractivity contribution in [3.05, 3.63) is 70.0 Å². The minimum absolute atomic E-state index is 0.0763. The van der Waals surface area contributed by atoms with Crippen LogP contribution in [0.4, 0.5) is 13.2 Å². The van der Waals surface area contributed by atoms with E-state index in [-0.39, 0.29) is 16.1 Å². The molecule has 112 valence electrons. The van der Waals surface area contributed by atoms with Crippen molar-refractivity contribution in [1.82, 2.24) is 5.32 Å². The van der Waals surface area contributed by atoms with Gasteiger partial charge in [0.25, 0.3) is 0 Å². The van der Waals surface area contributed by atoms with Gasteiger partial charge >= 0.3 is 0 Å². The molecule has 0 saturated heterocycles. The maximum atomic E-state index is 14.2. The first-order valence-electron chi connectivity index (χ1n) is 6.67. The lowest BCUT2D eigenvalue weighted by Crippen LogP contribution is -2.26. The molecule has 1 unspecified atom stereocenters. The van der Waals surface area contributed by atoms with Crippen molar-refractivity contribution in [2.45, 2.75) is 19.4 Å². The van der Waals surface area contributed by atoms with Crippen LogP contribution in [-0.2, 0) is 0 Å². The van der Waals surface area contributed by atoms with Gasteiger partial charge in [0.15, 0.2) is 0 Å². The molecule has 2 rings (SSSR count). The van der Waals surface area contributed by atoms with Crippen LogP contribution in [0.15, 0.2) is 36.4 Å². The molecular weight excluding hydrogens is 299 g/mol. The quantitative estimate of drug-likeness (QED) is 0.832. The van der Waals surface area contributed by atoms with Gasteiger partial charge in [0, 0.05) is 11.1 Å². The van der Waals surface area contributed by atoms with Crippen molar-refractivity contribution >= 4 is 11.6 Å². The van der Waals surface area contributed by atoms with Gasteiger partial charge in [-0.05, 0) is 31.2 Å². The number of halogens is 4. The highest BCUT2D eigenvalue weighted by Crippen LogP contribution is 2.31. The second-order valence-electron chi connectivity index (χ2n) is 4.67. The third-order valence-electron chi connectivity index (χ3n) is 3.18. The van der Waals surface area contributed by atoms with Gasteiger partial charge in [-0.3, -0.25) is 0 Å². The lowest BCUT2D eigenvalue weighted by molar-refractivity contribution is 0.488. The Morgan fingerprint density at radius 2 is 1.67 bits per heavy atom. The first kappa shape index (κ1) is 15.9. The highest BCUT2D eigenvalue weighted by Gasteiger charge is 2.24. The van der Waals surface area contributed by atoms with Gasteiger partial charge in [0.2, 0.25) is 0 Å². The molecule has 5 heteroatoms. The smallest absolute Gasteiger partial charge is 0.146 e. The van der Waals surface area contributed by atoms with Crippen LogP contribution in [0.5, 0.6) is 0 Å². The van der Waals surface area contributed by atoms with Crippen molar-refractivity contribution in [3.8, 4) is 0 Å². The van der Waals surface area contributed by atoms with E-state index >= 15 is 0 Å². The van der Waals surface area contributed by atoms with Gasteiger partial charge in [-0.1, -0.05) is 36.7 Å². The van der Waals surface area contributed by atoms with E-state index in [0.29, 0.717) is 6.54 Å². The summed E-state index contributed by atoms with van der Waals surface area (Å²) in [7, 11) is 0. The number of rotatable bonds is 5. The summed E-state index contributed by atoms with van der Waals surface area (Å²) in [6, 6.07) is 7.09. The molecule has 0 saturated carbocycles. The molecule has 0 spiro atoms. The SMILES string of the molecule is CCCNC(c1cccc(Cl)c1F)c1c(F)cccc1F. The average Bonchev–Trinajstić information content (AvgIpc) is 2.45. The van der Waals surface area contributed by atoms with Gasteiger partial charge in [-0.15, -0.1) is 0 Å². The molecule has 0 aliphatic carbocycles. The predicted octanol–water partition coefficient (Wildman–Crippen LogP) is 4.85. The number of benzene rings is 2. The lowest BCUT2D eigenvalue weighted by Gasteiger charge is -2.21. The van der Waals surface area contributed by atoms with Crippen LogP contribution in [-0.4, -0.2) is 6.54 Å². The molecule has 0 radical (unpaired) electrons. The first-order chi connectivity index (χ1) is 10.1. The van der Waals surface area contributed by atoms with Crippen molar-refractivity contribution in [2.24, 2.45) is 0 Å². The van der Waals surface area contributed by atoms with E-state index in [0.717, 1.165) is 18.6 Å². The molecule has 0 heterocycles. The van der Waals surface area contributed by atoms with Crippen molar-refractivity contribution in [2.75, 3.05) is 6.54 Å². The molecule has 0 aliphatic heterocycles. The monoisotopic (exact) mass is 313 g/mol. The van der Waals surface area contributed by atoms with Crippen molar-refractivity contribution in [3.63, 3.8) is 0 Å². The van der Waals surface area contributed by atoms with E-state index in [2.05, 4.69) is 5.32 Å². The third kappa shape index (κ3) is 3.39. The standard InChI is InChI=1S/C16H15ClF3N/c1-2-9-21-16(10-5-3-6-11(17)15(10)20)14-12(18)7-4-8-13(14)19/h3-8,16,21H,2,9H2,1H3. The fraction of sp³-hybridized carbons (Fsp3) is 0.250. The molecule has 0 amide bonds. The summed E-state index contributed by atoms with van der Waals surface area (Å²) in [5, 5.41) is 2.90. The van der Waals surface area contributed by atoms with Crippen molar-refractivity contribution < 1.29 is 13.2 Å². The van der Waals surface area contributed by atoms with Gasteiger partial charge in [-0.25, -0.2) is 13.2 Å². The summed E-state index contributed by atoms with van der Waals surface area (Å²) < 4.78 is 42.2. The van der Waals surface area contributed by atoms with Crippen LogP contribution in [0.3, 0.4) is 0 Å². The first-order valence-corrected chi connectivity index (χ1v) is 7.05. The Morgan fingerprint density at radius 1 is 1.05 bits per heavy atom. The highest BCUT2D eigenvalue weighted by molar-refractivity contribution is 6.30. The van der Waals surface area contributed by atoms with E-state index < -0.39 is 23.5 Å². The Morgan fingerprint density at radius 3 is 2.29 bits per heavy atom. The van der Waals surface area contributed by atoms with E-state index in [9.17, 15) is 13.2 Å². The Kier molecular flexibility index (Phi) is 5.26. The Bertz CT molecular complexity index is 611. The van der Waals surface area contributed by atoms with Crippen LogP contribution in [0.1, 0.15) is 30.5 Å². The second kappa shape index (κ2) is 6.96. The molecule has 0 fully saturated rings. The molecule has 1 atom stereocenters. The van der Waals surface area contributed by atoms with E-state index in [1.165, 1.54) is 18.2 Å². The van der Waals surface area contributed by atoms with Gasteiger partial charge in [-0.2, -0.15) is 0 Å². The minimum atomic E-state index is -0.926. The topological polar surface area (TPSA) is 12.0 Å². The zero-order valence-electron chi connectivity index (χ0n) is 11.5. The summed E-state index contributed by atoms with van der Waals surface area (Å²) >= 11 is 5.77. The Hall–Kier alpha value is -1.52. The predicted molar refractivity (Wildman–Crippen MR) is 77.9 cm³/mol. The maximum Gasteiger partial charge on any atom is 0.146 e. The zero-order chi connectivity index (χ0) is 15.4. The van der Waals surface area contributed by atoms with Gasteiger partial charge < -0.3 is 5.32 Å². The molecule has 2 aromatic carbocycles. The third-order valence-corrected chi connectivity index (χ3v) is 3.47. The fourth-order valence-electron chi connectivity index (χ4n) is 2.19.